The monoisotopic (exact) mass is 207 g/mol. The Labute approximate surface area is 81.8 Å². The highest BCUT2D eigenvalue weighted by Crippen LogP contribution is 1.99. The van der Waals surface area contributed by atoms with Crippen molar-refractivity contribution in [3.05, 3.63) is 0 Å². The fourth-order valence-electron chi connectivity index (χ4n) is 1.14. The third-order valence-corrected chi connectivity index (χ3v) is 2.93. The highest BCUT2D eigenvalue weighted by atomic mass is 32.2. The normalized spacial score (nSPS) is 14.4. The summed E-state index contributed by atoms with van der Waals surface area (Å²) in [6, 6.07) is 0.432. The van der Waals surface area contributed by atoms with Crippen LogP contribution in [0.5, 0.6) is 0 Å². The number of nitrogens with one attached hydrogen (secondary N) is 1. The van der Waals surface area contributed by atoms with E-state index < -0.39 is 9.84 Å². The lowest BCUT2D eigenvalue weighted by atomic mass is 10.2. The molecule has 0 radical (unpaired) electrons. The lowest BCUT2D eigenvalue weighted by Gasteiger charge is -2.11. The van der Waals surface area contributed by atoms with Gasteiger partial charge in [0.2, 0.25) is 0 Å². The van der Waals surface area contributed by atoms with E-state index in [1.54, 1.807) is 0 Å². The molecule has 1 unspecified atom stereocenters. The topological polar surface area (TPSA) is 46.2 Å². The molecule has 0 fully saturated rings. The molecule has 1 atom stereocenters. The number of hydrogen-bond acceptors (Lipinski definition) is 3. The van der Waals surface area contributed by atoms with Crippen LogP contribution in [0, 0.1) is 0 Å². The van der Waals surface area contributed by atoms with E-state index in [2.05, 4.69) is 19.2 Å². The maximum atomic E-state index is 10.8. The Morgan fingerprint density at radius 1 is 1.38 bits per heavy atom. The Kier molecular flexibility index (Phi) is 6.33. The zero-order chi connectivity index (χ0) is 10.3. The van der Waals surface area contributed by atoms with Crippen LogP contribution in [0.2, 0.25) is 0 Å². The molecule has 0 bridgehead atoms. The lowest BCUT2D eigenvalue weighted by molar-refractivity contribution is 0.506. The first-order valence-electron chi connectivity index (χ1n) is 4.87. The van der Waals surface area contributed by atoms with Crippen molar-refractivity contribution >= 4 is 9.84 Å². The predicted molar refractivity (Wildman–Crippen MR) is 56.7 cm³/mol. The van der Waals surface area contributed by atoms with Gasteiger partial charge in [-0.15, -0.1) is 0 Å². The smallest absolute Gasteiger partial charge is 0.147 e. The number of hydrogen-bond donors (Lipinski definition) is 1. The highest BCUT2D eigenvalue weighted by molar-refractivity contribution is 7.90. The van der Waals surface area contributed by atoms with Gasteiger partial charge < -0.3 is 5.32 Å². The van der Waals surface area contributed by atoms with Crippen LogP contribution < -0.4 is 5.32 Å². The average Bonchev–Trinajstić information content (AvgIpc) is 1.98. The molecule has 4 heteroatoms. The quantitative estimate of drug-likeness (QED) is 0.682. The molecule has 3 nitrogen and oxygen atoms in total. The zero-order valence-corrected chi connectivity index (χ0v) is 9.65. The van der Waals surface area contributed by atoms with Crippen molar-refractivity contribution in [3.63, 3.8) is 0 Å². The molecule has 0 aromatic heterocycles. The Balaban J connectivity index is 3.42. The van der Waals surface area contributed by atoms with Crippen LogP contribution in [-0.4, -0.2) is 33.0 Å². The summed E-state index contributed by atoms with van der Waals surface area (Å²) in [5.41, 5.74) is 0. The Morgan fingerprint density at radius 3 is 2.46 bits per heavy atom. The molecule has 80 valence electrons. The van der Waals surface area contributed by atoms with Crippen LogP contribution in [0.3, 0.4) is 0 Å². The molecule has 0 saturated carbocycles. The van der Waals surface area contributed by atoms with Crippen molar-refractivity contribution in [2.75, 3.05) is 18.6 Å². The van der Waals surface area contributed by atoms with Gasteiger partial charge in [0, 0.05) is 18.1 Å². The molecule has 0 heterocycles. The molecule has 0 aliphatic carbocycles. The summed E-state index contributed by atoms with van der Waals surface area (Å²) in [4.78, 5) is 0. The first-order valence-corrected chi connectivity index (χ1v) is 6.93. The zero-order valence-electron chi connectivity index (χ0n) is 8.84. The molecule has 0 aromatic carbocycles. The Bertz CT molecular complexity index is 212. The molecular weight excluding hydrogens is 186 g/mol. The summed E-state index contributed by atoms with van der Waals surface area (Å²) in [5.74, 6) is 0.311. The highest BCUT2D eigenvalue weighted by Gasteiger charge is 2.04. The average molecular weight is 207 g/mol. The molecule has 1 N–H and O–H groups in total. The van der Waals surface area contributed by atoms with Gasteiger partial charge in [-0.1, -0.05) is 6.92 Å². The SMILES string of the molecule is CCCNC(C)CCCS(C)(=O)=O. The van der Waals surface area contributed by atoms with Crippen LogP contribution in [-0.2, 0) is 9.84 Å². The maximum absolute atomic E-state index is 10.8. The van der Waals surface area contributed by atoms with Gasteiger partial charge in [-0.2, -0.15) is 0 Å². The molecule has 0 spiro atoms. The van der Waals surface area contributed by atoms with Gasteiger partial charge in [0.05, 0.1) is 0 Å². The maximum Gasteiger partial charge on any atom is 0.147 e. The summed E-state index contributed by atoms with van der Waals surface area (Å²) in [6.45, 7) is 5.23. The molecule has 0 aromatic rings. The molecule has 0 rings (SSSR count). The van der Waals surface area contributed by atoms with Crippen molar-refractivity contribution < 1.29 is 8.42 Å². The molecule has 0 aliphatic rings. The molecular formula is C9H21NO2S. The minimum absolute atomic E-state index is 0.311. The summed E-state index contributed by atoms with van der Waals surface area (Å²) in [6.07, 6.45) is 4.11. The second kappa shape index (κ2) is 6.38. The molecule has 0 amide bonds. The van der Waals surface area contributed by atoms with E-state index >= 15 is 0 Å². The summed E-state index contributed by atoms with van der Waals surface area (Å²) >= 11 is 0. The van der Waals surface area contributed by atoms with E-state index in [0.717, 1.165) is 25.8 Å². The standard InChI is InChI=1S/C9H21NO2S/c1-4-7-10-9(2)6-5-8-13(3,11)12/h9-10H,4-8H2,1-3H3. The Morgan fingerprint density at radius 2 is 2.00 bits per heavy atom. The second-order valence-electron chi connectivity index (χ2n) is 3.63. The third kappa shape index (κ3) is 9.83. The number of sulfone groups is 1. The van der Waals surface area contributed by atoms with Crippen molar-refractivity contribution in [1.82, 2.24) is 5.32 Å². The van der Waals surface area contributed by atoms with E-state index in [9.17, 15) is 8.42 Å². The van der Waals surface area contributed by atoms with Crippen LogP contribution >= 0.6 is 0 Å². The fourth-order valence-corrected chi connectivity index (χ4v) is 1.84. The fraction of sp³-hybridized carbons (Fsp3) is 1.00. The van der Waals surface area contributed by atoms with E-state index in [1.807, 2.05) is 0 Å². The van der Waals surface area contributed by atoms with Gasteiger partial charge in [-0.25, -0.2) is 8.42 Å². The predicted octanol–water partition coefficient (Wildman–Crippen LogP) is 1.20. The molecule has 0 aliphatic heterocycles. The van der Waals surface area contributed by atoms with Crippen LogP contribution in [0.4, 0.5) is 0 Å². The molecule has 13 heavy (non-hydrogen) atoms. The van der Waals surface area contributed by atoms with E-state index in [4.69, 9.17) is 0 Å². The van der Waals surface area contributed by atoms with Crippen molar-refractivity contribution in [1.29, 1.82) is 0 Å². The summed E-state index contributed by atoms with van der Waals surface area (Å²) < 4.78 is 21.6. The minimum atomic E-state index is -2.77. The van der Waals surface area contributed by atoms with Crippen LogP contribution in [0.1, 0.15) is 33.1 Å². The van der Waals surface area contributed by atoms with E-state index in [0.29, 0.717) is 11.8 Å². The van der Waals surface area contributed by atoms with Crippen molar-refractivity contribution in [3.8, 4) is 0 Å². The van der Waals surface area contributed by atoms with E-state index in [-0.39, 0.29) is 0 Å². The van der Waals surface area contributed by atoms with Gasteiger partial charge in [0.15, 0.2) is 0 Å². The van der Waals surface area contributed by atoms with E-state index in [1.165, 1.54) is 6.26 Å². The first kappa shape index (κ1) is 12.9. The first-order chi connectivity index (χ1) is 5.95. The second-order valence-corrected chi connectivity index (χ2v) is 5.89. The largest absolute Gasteiger partial charge is 0.314 e. The lowest BCUT2D eigenvalue weighted by Crippen LogP contribution is -2.27. The summed E-state index contributed by atoms with van der Waals surface area (Å²) in [5, 5.41) is 3.32. The van der Waals surface area contributed by atoms with Crippen molar-refractivity contribution in [2.45, 2.75) is 39.2 Å². The number of rotatable bonds is 7. The molecule has 0 saturated heterocycles. The van der Waals surface area contributed by atoms with Gasteiger partial charge in [0.25, 0.3) is 0 Å². The van der Waals surface area contributed by atoms with Crippen LogP contribution in [0.15, 0.2) is 0 Å². The Hall–Kier alpha value is -0.0900. The van der Waals surface area contributed by atoms with Crippen LogP contribution in [0.25, 0.3) is 0 Å². The van der Waals surface area contributed by atoms with Gasteiger partial charge in [0.1, 0.15) is 9.84 Å². The van der Waals surface area contributed by atoms with Gasteiger partial charge in [-0.05, 0) is 32.7 Å². The van der Waals surface area contributed by atoms with Crippen molar-refractivity contribution in [2.24, 2.45) is 0 Å². The minimum Gasteiger partial charge on any atom is -0.314 e. The summed E-state index contributed by atoms with van der Waals surface area (Å²) in [7, 11) is -2.77. The van der Waals surface area contributed by atoms with Gasteiger partial charge in [-0.3, -0.25) is 0 Å². The third-order valence-electron chi connectivity index (χ3n) is 1.90. The van der Waals surface area contributed by atoms with Gasteiger partial charge >= 0.3 is 0 Å².